The third-order valence-corrected chi connectivity index (χ3v) is 6.07. The SMILES string of the molecule is CC(C)N1CN(C(c2cccc(C(F)(F)F)c2)c2cccc(C(F)(F)F)c2)n2ccc(=O)c(O)c2C1=O. The van der Waals surface area contributed by atoms with E-state index in [1.54, 1.807) is 13.8 Å². The molecule has 4 rings (SSSR count). The largest absolute Gasteiger partial charge is 0.502 e. The first-order valence-electron chi connectivity index (χ1n) is 11.1. The van der Waals surface area contributed by atoms with Crippen LogP contribution >= 0.6 is 0 Å². The van der Waals surface area contributed by atoms with Crippen LogP contribution in [-0.4, -0.2) is 33.3 Å². The van der Waals surface area contributed by atoms with Crippen LogP contribution in [0.1, 0.15) is 52.6 Å². The quantitative estimate of drug-likeness (QED) is 0.479. The zero-order valence-corrected chi connectivity index (χ0v) is 19.5. The van der Waals surface area contributed by atoms with E-state index in [4.69, 9.17) is 0 Å². The summed E-state index contributed by atoms with van der Waals surface area (Å²) < 4.78 is 82.5. The molecular formula is C25H21F6N3O3. The van der Waals surface area contributed by atoms with Crippen molar-refractivity contribution < 1.29 is 36.2 Å². The van der Waals surface area contributed by atoms with Crippen molar-refractivity contribution in [3.63, 3.8) is 0 Å². The number of aromatic nitrogens is 1. The summed E-state index contributed by atoms with van der Waals surface area (Å²) in [6, 6.07) is 7.45. The van der Waals surface area contributed by atoms with Crippen LogP contribution in [0.4, 0.5) is 26.3 Å². The molecule has 0 atom stereocenters. The fourth-order valence-electron chi connectivity index (χ4n) is 4.27. The van der Waals surface area contributed by atoms with Gasteiger partial charge in [-0.05, 0) is 49.2 Å². The lowest BCUT2D eigenvalue weighted by atomic mass is 9.94. The first-order chi connectivity index (χ1) is 17.2. The fraction of sp³-hybridized carbons (Fsp3) is 0.280. The van der Waals surface area contributed by atoms with Gasteiger partial charge in [-0.3, -0.25) is 19.3 Å². The van der Waals surface area contributed by atoms with Crippen molar-refractivity contribution >= 4 is 5.91 Å². The number of hydrogen-bond donors (Lipinski definition) is 1. The normalized spacial score (nSPS) is 14.5. The molecular weight excluding hydrogens is 504 g/mol. The van der Waals surface area contributed by atoms with Crippen molar-refractivity contribution in [2.45, 2.75) is 38.3 Å². The number of rotatable bonds is 4. The number of fused-ring (bicyclic) bond motifs is 1. The van der Waals surface area contributed by atoms with Gasteiger partial charge >= 0.3 is 12.4 Å². The molecule has 196 valence electrons. The lowest BCUT2D eigenvalue weighted by Gasteiger charge is -2.45. The number of halogens is 6. The molecule has 2 heterocycles. The Morgan fingerprint density at radius 1 is 0.838 bits per heavy atom. The van der Waals surface area contributed by atoms with Crippen molar-refractivity contribution in [3.8, 4) is 5.75 Å². The minimum absolute atomic E-state index is 0.0173. The van der Waals surface area contributed by atoms with Crippen LogP contribution in [-0.2, 0) is 12.4 Å². The van der Waals surface area contributed by atoms with Crippen LogP contribution in [0.2, 0.25) is 0 Å². The highest BCUT2D eigenvalue weighted by atomic mass is 19.4. The minimum atomic E-state index is -4.73. The highest BCUT2D eigenvalue weighted by Crippen LogP contribution is 2.38. The highest BCUT2D eigenvalue weighted by Gasteiger charge is 2.39. The van der Waals surface area contributed by atoms with Gasteiger partial charge in [0.05, 0.1) is 17.2 Å². The Hall–Kier alpha value is -3.96. The van der Waals surface area contributed by atoms with Gasteiger partial charge in [0, 0.05) is 18.3 Å². The Labute approximate surface area is 206 Å². The van der Waals surface area contributed by atoms with Crippen LogP contribution in [0.25, 0.3) is 0 Å². The number of carbonyl (C=O) groups is 1. The number of amides is 1. The van der Waals surface area contributed by atoms with Gasteiger partial charge in [0.1, 0.15) is 6.67 Å². The summed E-state index contributed by atoms with van der Waals surface area (Å²) in [5.74, 6) is -1.59. The second-order valence-corrected chi connectivity index (χ2v) is 8.82. The zero-order chi connectivity index (χ0) is 27.3. The monoisotopic (exact) mass is 525 g/mol. The Balaban J connectivity index is 2.01. The molecule has 1 aliphatic heterocycles. The topological polar surface area (TPSA) is 65.8 Å². The molecule has 1 N–H and O–H groups in total. The lowest BCUT2D eigenvalue weighted by Crippen LogP contribution is -2.57. The molecule has 1 amide bonds. The molecule has 37 heavy (non-hydrogen) atoms. The van der Waals surface area contributed by atoms with Crippen molar-refractivity contribution in [1.82, 2.24) is 9.58 Å². The summed E-state index contributed by atoms with van der Waals surface area (Å²) >= 11 is 0. The Kier molecular flexibility index (Phi) is 6.47. The van der Waals surface area contributed by atoms with Gasteiger partial charge in [0.2, 0.25) is 5.43 Å². The smallest absolute Gasteiger partial charge is 0.416 e. The summed E-state index contributed by atoms with van der Waals surface area (Å²) in [7, 11) is 0. The molecule has 0 radical (unpaired) electrons. The zero-order valence-electron chi connectivity index (χ0n) is 19.5. The van der Waals surface area contributed by atoms with Gasteiger partial charge in [-0.1, -0.05) is 24.3 Å². The molecule has 0 saturated heterocycles. The first kappa shape index (κ1) is 26.1. The molecule has 0 spiro atoms. The number of nitrogens with zero attached hydrogens (tertiary/aromatic N) is 3. The van der Waals surface area contributed by atoms with Crippen LogP contribution < -0.4 is 10.4 Å². The van der Waals surface area contributed by atoms with E-state index in [0.717, 1.165) is 53.3 Å². The highest BCUT2D eigenvalue weighted by molar-refractivity contribution is 5.96. The Bertz CT molecular complexity index is 1340. The van der Waals surface area contributed by atoms with Crippen molar-refractivity contribution in [2.75, 3.05) is 11.7 Å². The number of hydrogen-bond acceptors (Lipinski definition) is 4. The van der Waals surface area contributed by atoms with Gasteiger partial charge < -0.3 is 10.0 Å². The maximum atomic E-state index is 13.6. The van der Waals surface area contributed by atoms with Crippen LogP contribution in [0.3, 0.4) is 0 Å². The molecule has 1 aliphatic rings. The predicted molar refractivity (Wildman–Crippen MR) is 121 cm³/mol. The average molecular weight is 525 g/mol. The van der Waals surface area contributed by atoms with E-state index in [1.165, 1.54) is 22.0 Å². The van der Waals surface area contributed by atoms with E-state index < -0.39 is 58.3 Å². The van der Waals surface area contributed by atoms with Crippen LogP contribution in [0.5, 0.6) is 5.75 Å². The summed E-state index contributed by atoms with van der Waals surface area (Å²) in [5.41, 5.74) is -3.37. The second-order valence-electron chi connectivity index (χ2n) is 8.82. The molecule has 0 bridgehead atoms. The van der Waals surface area contributed by atoms with Gasteiger partial charge in [-0.2, -0.15) is 26.3 Å². The third kappa shape index (κ3) is 4.87. The molecule has 12 heteroatoms. The van der Waals surface area contributed by atoms with E-state index in [-0.39, 0.29) is 17.8 Å². The van der Waals surface area contributed by atoms with E-state index in [2.05, 4.69) is 0 Å². The number of aromatic hydroxyl groups is 1. The summed E-state index contributed by atoms with van der Waals surface area (Å²) in [6.07, 6.45) is -8.30. The van der Waals surface area contributed by atoms with E-state index >= 15 is 0 Å². The van der Waals surface area contributed by atoms with E-state index in [1.807, 2.05) is 0 Å². The third-order valence-electron chi connectivity index (χ3n) is 6.07. The van der Waals surface area contributed by atoms with Crippen molar-refractivity contribution in [3.05, 3.63) is 99.0 Å². The van der Waals surface area contributed by atoms with Crippen molar-refractivity contribution in [2.24, 2.45) is 0 Å². The van der Waals surface area contributed by atoms with Crippen LogP contribution in [0.15, 0.2) is 65.6 Å². The van der Waals surface area contributed by atoms with E-state index in [9.17, 15) is 41.0 Å². The average Bonchev–Trinajstić information content (AvgIpc) is 2.82. The molecule has 1 aromatic heterocycles. The summed E-state index contributed by atoms with van der Waals surface area (Å²) in [5, 5.41) is 11.8. The van der Waals surface area contributed by atoms with Gasteiger partial charge in [0.15, 0.2) is 11.4 Å². The Morgan fingerprint density at radius 3 is 1.81 bits per heavy atom. The number of benzene rings is 2. The molecule has 0 saturated carbocycles. The number of carbonyl (C=O) groups excluding carboxylic acids is 1. The molecule has 0 unspecified atom stereocenters. The van der Waals surface area contributed by atoms with Gasteiger partial charge in [-0.15, -0.1) is 0 Å². The maximum Gasteiger partial charge on any atom is 0.416 e. The molecule has 3 aromatic rings. The molecule has 2 aromatic carbocycles. The summed E-state index contributed by atoms with van der Waals surface area (Å²) in [6.45, 7) is 3.03. The van der Waals surface area contributed by atoms with Crippen molar-refractivity contribution in [1.29, 1.82) is 0 Å². The second kappa shape index (κ2) is 9.16. The van der Waals surface area contributed by atoms with Crippen LogP contribution in [0, 0.1) is 0 Å². The molecule has 6 nitrogen and oxygen atoms in total. The standard InChI is InChI=1S/C25H21F6N3O3/c1-14(2)32-13-34(33-10-9-19(35)22(36)21(33)23(32)37)20(15-5-3-7-17(11-15)24(26,27)28)16-6-4-8-18(12-16)25(29,30)31/h3-12,14,20,36H,13H2,1-2H3. The number of pyridine rings is 1. The molecule has 0 fully saturated rings. The first-order valence-corrected chi connectivity index (χ1v) is 11.1. The summed E-state index contributed by atoms with van der Waals surface area (Å²) in [4.78, 5) is 26.5. The van der Waals surface area contributed by atoms with Gasteiger partial charge in [-0.25, -0.2) is 0 Å². The predicted octanol–water partition coefficient (Wildman–Crippen LogP) is 5.14. The fourth-order valence-corrected chi connectivity index (χ4v) is 4.27. The maximum absolute atomic E-state index is 13.6. The minimum Gasteiger partial charge on any atom is -0.502 e. The van der Waals surface area contributed by atoms with Gasteiger partial charge in [0.25, 0.3) is 5.91 Å². The van der Waals surface area contributed by atoms with E-state index in [0.29, 0.717) is 0 Å². The lowest BCUT2D eigenvalue weighted by molar-refractivity contribution is -0.138. The molecule has 0 aliphatic carbocycles. The Morgan fingerprint density at radius 2 is 1.35 bits per heavy atom. The number of alkyl halides is 6.